The van der Waals surface area contributed by atoms with E-state index in [0.717, 1.165) is 22.0 Å². The fraction of sp³-hybridized carbons (Fsp3) is 0.0909. The number of alkyl halides is 3. The van der Waals surface area contributed by atoms with E-state index in [0.29, 0.717) is 0 Å². The van der Waals surface area contributed by atoms with Gasteiger partial charge in [0.05, 0.1) is 0 Å². The Bertz CT molecular complexity index is 1060. The zero-order valence-electron chi connectivity index (χ0n) is 15.6. The number of benzene rings is 3. The Kier molecular flexibility index (Phi) is 7.56. The molecular formula is C22H18Cl3N3OS. The quantitative estimate of drug-likeness (QED) is 0.192. The smallest absolute Gasteiger partial charge is 0.245 e. The van der Waals surface area contributed by atoms with Crippen LogP contribution in [0.25, 0.3) is 16.8 Å². The largest absolute Gasteiger partial charge is 0.339 e. The summed E-state index contributed by atoms with van der Waals surface area (Å²) in [5.74, 6) is -0.435. The van der Waals surface area contributed by atoms with Crippen molar-refractivity contribution in [2.24, 2.45) is 0 Å². The van der Waals surface area contributed by atoms with Crippen LogP contribution in [-0.2, 0) is 4.79 Å². The first kappa shape index (κ1) is 22.4. The average Bonchev–Trinajstić information content (AvgIpc) is 2.72. The lowest BCUT2D eigenvalue weighted by molar-refractivity contribution is -0.117. The van der Waals surface area contributed by atoms with E-state index in [4.69, 9.17) is 47.0 Å². The zero-order chi connectivity index (χ0) is 21.6. The van der Waals surface area contributed by atoms with Crippen LogP contribution < -0.4 is 16.0 Å². The fourth-order valence-corrected chi connectivity index (χ4v) is 3.31. The van der Waals surface area contributed by atoms with Crippen LogP contribution in [0.3, 0.4) is 0 Å². The minimum absolute atomic E-state index is 0.204. The molecule has 3 aromatic carbocycles. The molecule has 0 aliphatic carbocycles. The standard InChI is InChI=1S/C22H18Cl3N3OS/c23-22(24,25)20(27-19(29)14-13-15-7-2-1-3-8-15)28-21(30)26-18-12-6-10-16-9-4-5-11-17(16)18/h1-14,20H,(H,27,29)(H2,26,28,30)/b14-13+/t20-/m0/s1. The lowest BCUT2D eigenvalue weighted by Crippen LogP contribution is -2.55. The van der Waals surface area contributed by atoms with Gasteiger partial charge in [-0.2, -0.15) is 0 Å². The van der Waals surface area contributed by atoms with E-state index < -0.39 is 15.9 Å². The van der Waals surface area contributed by atoms with Gasteiger partial charge < -0.3 is 16.0 Å². The predicted octanol–water partition coefficient (Wildman–Crippen LogP) is 5.65. The lowest BCUT2D eigenvalue weighted by atomic mass is 10.1. The van der Waals surface area contributed by atoms with Gasteiger partial charge in [-0.05, 0) is 35.3 Å². The monoisotopic (exact) mass is 477 g/mol. The van der Waals surface area contributed by atoms with Crippen LogP contribution in [0.5, 0.6) is 0 Å². The summed E-state index contributed by atoms with van der Waals surface area (Å²) in [6.07, 6.45) is 1.98. The molecule has 0 spiro atoms. The lowest BCUT2D eigenvalue weighted by Gasteiger charge is -2.27. The Hall–Kier alpha value is -2.31. The third-order valence-corrected chi connectivity index (χ3v) is 5.03. The molecule has 3 N–H and O–H groups in total. The van der Waals surface area contributed by atoms with Crippen molar-refractivity contribution in [3.8, 4) is 0 Å². The molecule has 1 atom stereocenters. The molecule has 8 heteroatoms. The van der Waals surface area contributed by atoms with Gasteiger partial charge in [-0.1, -0.05) is 102 Å². The summed E-state index contributed by atoms with van der Waals surface area (Å²) < 4.78 is -1.83. The number of carbonyl (C=O) groups is 1. The summed E-state index contributed by atoms with van der Waals surface area (Å²) in [5, 5.41) is 10.8. The van der Waals surface area contributed by atoms with Gasteiger partial charge in [0.1, 0.15) is 6.17 Å². The fourth-order valence-electron chi connectivity index (χ4n) is 2.75. The van der Waals surface area contributed by atoms with Crippen LogP contribution >= 0.6 is 47.0 Å². The molecule has 0 fully saturated rings. The maximum absolute atomic E-state index is 12.3. The SMILES string of the molecule is O=C(/C=C/c1ccccc1)N[C@@H](NC(=S)Nc1cccc2ccccc12)C(Cl)(Cl)Cl. The van der Waals surface area contributed by atoms with Crippen molar-refractivity contribution in [1.82, 2.24) is 10.6 Å². The second kappa shape index (κ2) is 10.1. The van der Waals surface area contributed by atoms with E-state index in [1.807, 2.05) is 72.8 Å². The van der Waals surface area contributed by atoms with Crippen molar-refractivity contribution in [3.05, 3.63) is 84.4 Å². The Balaban J connectivity index is 1.68. The molecule has 0 unspecified atom stereocenters. The molecule has 0 bridgehead atoms. The Morgan fingerprint density at radius 2 is 1.57 bits per heavy atom. The highest BCUT2D eigenvalue weighted by Crippen LogP contribution is 2.29. The highest BCUT2D eigenvalue weighted by molar-refractivity contribution is 7.80. The van der Waals surface area contributed by atoms with Gasteiger partial charge >= 0.3 is 0 Å². The van der Waals surface area contributed by atoms with E-state index in [1.54, 1.807) is 6.08 Å². The number of thiocarbonyl (C=S) groups is 1. The number of hydrogen-bond acceptors (Lipinski definition) is 2. The highest BCUT2D eigenvalue weighted by Gasteiger charge is 2.34. The number of halogens is 3. The molecule has 0 saturated heterocycles. The van der Waals surface area contributed by atoms with Gasteiger partial charge in [0.2, 0.25) is 9.70 Å². The predicted molar refractivity (Wildman–Crippen MR) is 131 cm³/mol. The number of nitrogens with one attached hydrogen (secondary N) is 3. The first-order valence-corrected chi connectivity index (χ1v) is 10.5. The normalized spacial score (nSPS) is 12.5. The molecule has 154 valence electrons. The van der Waals surface area contributed by atoms with E-state index >= 15 is 0 Å². The van der Waals surface area contributed by atoms with Crippen LogP contribution in [0.15, 0.2) is 78.9 Å². The molecule has 0 aliphatic rings. The first-order valence-electron chi connectivity index (χ1n) is 8.98. The number of carbonyl (C=O) groups excluding carboxylic acids is 1. The summed E-state index contributed by atoms with van der Waals surface area (Å²) >= 11 is 23.5. The second-order valence-corrected chi connectivity index (χ2v) is 9.13. The molecule has 30 heavy (non-hydrogen) atoms. The molecule has 0 aromatic heterocycles. The van der Waals surface area contributed by atoms with Crippen LogP contribution in [0.2, 0.25) is 0 Å². The number of hydrogen-bond donors (Lipinski definition) is 3. The summed E-state index contributed by atoms with van der Waals surface area (Å²) in [7, 11) is 0. The Morgan fingerprint density at radius 1 is 0.900 bits per heavy atom. The summed E-state index contributed by atoms with van der Waals surface area (Å²) in [5.41, 5.74) is 1.67. The zero-order valence-corrected chi connectivity index (χ0v) is 18.7. The van der Waals surface area contributed by atoms with Gasteiger partial charge in [0.25, 0.3) is 0 Å². The molecule has 1 amide bonds. The van der Waals surface area contributed by atoms with Crippen LogP contribution in [0.4, 0.5) is 5.69 Å². The maximum atomic E-state index is 12.3. The van der Waals surface area contributed by atoms with E-state index in [1.165, 1.54) is 6.08 Å². The van der Waals surface area contributed by atoms with Crippen LogP contribution in [-0.4, -0.2) is 21.0 Å². The minimum Gasteiger partial charge on any atom is -0.339 e. The molecule has 3 rings (SSSR count). The van der Waals surface area contributed by atoms with Crippen molar-refractivity contribution in [3.63, 3.8) is 0 Å². The number of rotatable bonds is 5. The van der Waals surface area contributed by atoms with Gasteiger partial charge in [-0.15, -0.1) is 0 Å². The summed E-state index contributed by atoms with van der Waals surface area (Å²) in [6, 6.07) is 23.1. The number of anilines is 1. The van der Waals surface area contributed by atoms with Crippen molar-refractivity contribution in [1.29, 1.82) is 0 Å². The van der Waals surface area contributed by atoms with E-state index in [2.05, 4.69) is 16.0 Å². The molecule has 0 saturated carbocycles. The van der Waals surface area contributed by atoms with E-state index in [9.17, 15) is 4.79 Å². The topological polar surface area (TPSA) is 53.2 Å². The minimum atomic E-state index is -1.83. The van der Waals surface area contributed by atoms with Crippen LogP contribution in [0, 0.1) is 0 Å². The van der Waals surface area contributed by atoms with Crippen molar-refractivity contribution < 1.29 is 4.79 Å². The average molecular weight is 479 g/mol. The van der Waals surface area contributed by atoms with Crippen LogP contribution in [0.1, 0.15) is 5.56 Å². The molecule has 0 aliphatic heterocycles. The van der Waals surface area contributed by atoms with Crippen molar-refractivity contribution in [2.45, 2.75) is 9.96 Å². The van der Waals surface area contributed by atoms with E-state index in [-0.39, 0.29) is 5.11 Å². The van der Waals surface area contributed by atoms with Gasteiger partial charge in [0.15, 0.2) is 5.11 Å². The molecule has 0 heterocycles. The summed E-state index contributed by atoms with van der Waals surface area (Å²) in [4.78, 5) is 12.3. The van der Waals surface area contributed by atoms with Crippen molar-refractivity contribution >= 4 is 80.6 Å². The first-order chi connectivity index (χ1) is 14.3. The van der Waals surface area contributed by atoms with Gasteiger partial charge in [-0.25, -0.2) is 0 Å². The second-order valence-electron chi connectivity index (χ2n) is 6.35. The molecule has 3 aromatic rings. The van der Waals surface area contributed by atoms with Crippen molar-refractivity contribution in [2.75, 3.05) is 5.32 Å². The molecule has 0 radical (unpaired) electrons. The third-order valence-electron chi connectivity index (χ3n) is 4.15. The third kappa shape index (κ3) is 6.34. The van der Waals surface area contributed by atoms with Gasteiger partial charge in [-0.3, -0.25) is 4.79 Å². The van der Waals surface area contributed by atoms with Gasteiger partial charge in [0, 0.05) is 17.1 Å². The number of fused-ring (bicyclic) bond motifs is 1. The number of amides is 1. The Labute approximate surface area is 195 Å². The molecular weight excluding hydrogens is 461 g/mol. The summed E-state index contributed by atoms with van der Waals surface area (Å²) in [6.45, 7) is 0. The molecule has 4 nitrogen and oxygen atoms in total. The maximum Gasteiger partial charge on any atom is 0.245 e. The highest BCUT2D eigenvalue weighted by atomic mass is 35.6. The Morgan fingerprint density at radius 3 is 2.30 bits per heavy atom.